The zero-order valence-corrected chi connectivity index (χ0v) is 12.5. The minimum Gasteiger partial charge on any atom is -0.380 e. The van der Waals surface area contributed by atoms with Gasteiger partial charge >= 0.3 is 0 Å². The van der Waals surface area contributed by atoms with Crippen LogP contribution in [-0.4, -0.2) is 20.5 Å². The highest BCUT2D eigenvalue weighted by molar-refractivity contribution is 7.92. The monoisotopic (exact) mass is 322 g/mol. The van der Waals surface area contributed by atoms with Crippen molar-refractivity contribution in [3.05, 3.63) is 64.2 Å². The number of ether oxygens (including phenoxy) is 1. The molecule has 0 spiro atoms. The van der Waals surface area contributed by atoms with E-state index in [0.29, 0.717) is 5.56 Å². The van der Waals surface area contributed by atoms with Crippen molar-refractivity contribution in [3.63, 3.8) is 0 Å². The first-order valence-corrected chi connectivity index (χ1v) is 7.76. The van der Waals surface area contributed by atoms with Crippen molar-refractivity contribution in [1.82, 2.24) is 0 Å². The molecule has 0 heterocycles. The van der Waals surface area contributed by atoms with E-state index in [4.69, 9.17) is 4.74 Å². The Morgan fingerprint density at radius 3 is 2.45 bits per heavy atom. The summed E-state index contributed by atoms with van der Waals surface area (Å²) < 4.78 is 32.0. The van der Waals surface area contributed by atoms with Crippen molar-refractivity contribution in [2.24, 2.45) is 0 Å². The molecule has 2 rings (SSSR count). The Kier molecular flexibility index (Phi) is 4.74. The maximum absolute atomic E-state index is 12.3. The van der Waals surface area contributed by atoms with Gasteiger partial charge in [0.25, 0.3) is 15.7 Å². The van der Waals surface area contributed by atoms with E-state index in [9.17, 15) is 18.5 Å². The molecule has 22 heavy (non-hydrogen) atoms. The Balaban J connectivity index is 2.38. The molecular formula is C14H14N2O5S. The van der Waals surface area contributed by atoms with Gasteiger partial charge in [-0.05, 0) is 18.2 Å². The second-order valence-electron chi connectivity index (χ2n) is 4.45. The van der Waals surface area contributed by atoms with Crippen molar-refractivity contribution in [1.29, 1.82) is 0 Å². The van der Waals surface area contributed by atoms with E-state index in [1.807, 2.05) is 0 Å². The fourth-order valence-corrected chi connectivity index (χ4v) is 2.99. The van der Waals surface area contributed by atoms with Gasteiger partial charge in [-0.15, -0.1) is 0 Å². The molecule has 0 aliphatic rings. The molecule has 0 saturated carbocycles. The van der Waals surface area contributed by atoms with Crippen molar-refractivity contribution in [2.45, 2.75) is 11.5 Å². The minimum atomic E-state index is -3.76. The van der Waals surface area contributed by atoms with Crippen LogP contribution in [0.2, 0.25) is 0 Å². The lowest BCUT2D eigenvalue weighted by Gasteiger charge is -2.12. The predicted molar refractivity (Wildman–Crippen MR) is 81.1 cm³/mol. The second-order valence-corrected chi connectivity index (χ2v) is 6.13. The van der Waals surface area contributed by atoms with E-state index >= 15 is 0 Å². The molecule has 2 aromatic rings. The number of nitrogens with one attached hydrogen (secondary N) is 1. The zero-order valence-electron chi connectivity index (χ0n) is 11.7. The minimum absolute atomic E-state index is 0.0499. The Morgan fingerprint density at radius 1 is 1.18 bits per heavy atom. The van der Waals surface area contributed by atoms with Gasteiger partial charge in [-0.3, -0.25) is 14.8 Å². The molecule has 0 fully saturated rings. The SMILES string of the molecule is COCc1cc([N+](=O)[O-])ccc1NS(=O)(=O)c1ccccc1. The highest BCUT2D eigenvalue weighted by Gasteiger charge is 2.17. The van der Waals surface area contributed by atoms with Crippen LogP contribution in [0.3, 0.4) is 0 Å². The summed E-state index contributed by atoms with van der Waals surface area (Å²) in [6, 6.07) is 11.7. The summed E-state index contributed by atoms with van der Waals surface area (Å²) in [6.45, 7) is 0.0499. The molecular weight excluding hydrogens is 308 g/mol. The van der Waals surface area contributed by atoms with E-state index in [1.54, 1.807) is 18.2 Å². The molecule has 0 atom stereocenters. The fraction of sp³-hybridized carbons (Fsp3) is 0.143. The summed E-state index contributed by atoms with van der Waals surface area (Å²) in [5.41, 5.74) is 0.502. The van der Waals surface area contributed by atoms with Crippen molar-refractivity contribution < 1.29 is 18.1 Å². The van der Waals surface area contributed by atoms with Crippen LogP contribution in [0.1, 0.15) is 5.56 Å². The van der Waals surface area contributed by atoms with Gasteiger partial charge in [0.15, 0.2) is 0 Å². The molecule has 7 nitrogen and oxygen atoms in total. The van der Waals surface area contributed by atoms with Crippen LogP contribution in [0.25, 0.3) is 0 Å². The number of hydrogen-bond acceptors (Lipinski definition) is 5. The first-order valence-electron chi connectivity index (χ1n) is 6.28. The van der Waals surface area contributed by atoms with Gasteiger partial charge in [0.05, 0.1) is 22.1 Å². The Labute approximate surface area is 127 Å². The number of anilines is 1. The summed E-state index contributed by atoms with van der Waals surface area (Å²) >= 11 is 0. The average molecular weight is 322 g/mol. The molecule has 0 bridgehead atoms. The number of hydrogen-bond donors (Lipinski definition) is 1. The number of non-ortho nitro benzene ring substituents is 1. The molecule has 0 aliphatic heterocycles. The summed E-state index contributed by atoms with van der Waals surface area (Å²) in [4.78, 5) is 10.4. The predicted octanol–water partition coefficient (Wildman–Crippen LogP) is 2.54. The Hall–Kier alpha value is -2.45. The number of methoxy groups -OCH3 is 1. The number of sulfonamides is 1. The smallest absolute Gasteiger partial charge is 0.269 e. The molecule has 116 valence electrons. The van der Waals surface area contributed by atoms with Gasteiger partial charge in [0.1, 0.15) is 0 Å². The maximum Gasteiger partial charge on any atom is 0.269 e. The molecule has 2 aromatic carbocycles. The molecule has 1 N–H and O–H groups in total. The van der Waals surface area contributed by atoms with Crippen LogP contribution in [0.5, 0.6) is 0 Å². The molecule has 0 amide bonds. The largest absolute Gasteiger partial charge is 0.380 e. The van der Waals surface area contributed by atoms with Gasteiger partial charge in [0, 0.05) is 24.8 Å². The zero-order chi connectivity index (χ0) is 16.2. The maximum atomic E-state index is 12.3. The molecule has 0 aliphatic carbocycles. The van der Waals surface area contributed by atoms with Crippen LogP contribution in [0.4, 0.5) is 11.4 Å². The van der Waals surface area contributed by atoms with E-state index in [2.05, 4.69) is 4.72 Å². The van der Waals surface area contributed by atoms with E-state index in [0.717, 1.165) is 0 Å². The van der Waals surface area contributed by atoms with E-state index in [1.165, 1.54) is 37.4 Å². The normalized spacial score (nSPS) is 11.1. The lowest BCUT2D eigenvalue weighted by atomic mass is 10.2. The molecule has 0 saturated heterocycles. The number of benzene rings is 2. The molecule has 0 unspecified atom stereocenters. The summed E-state index contributed by atoms with van der Waals surface area (Å²) in [5, 5.41) is 10.8. The van der Waals surface area contributed by atoms with Gasteiger partial charge in [-0.2, -0.15) is 0 Å². The quantitative estimate of drug-likeness (QED) is 0.651. The summed E-state index contributed by atoms with van der Waals surface area (Å²) in [6.07, 6.45) is 0. The highest BCUT2D eigenvalue weighted by Crippen LogP contribution is 2.25. The molecule has 0 radical (unpaired) electrons. The third-order valence-electron chi connectivity index (χ3n) is 2.90. The first-order chi connectivity index (χ1) is 10.4. The lowest BCUT2D eigenvalue weighted by molar-refractivity contribution is -0.384. The Morgan fingerprint density at radius 2 is 1.86 bits per heavy atom. The molecule has 8 heteroatoms. The van der Waals surface area contributed by atoms with E-state index in [-0.39, 0.29) is 22.9 Å². The van der Waals surface area contributed by atoms with Crippen LogP contribution in [0.15, 0.2) is 53.4 Å². The van der Waals surface area contributed by atoms with Gasteiger partial charge in [-0.25, -0.2) is 8.42 Å². The summed E-state index contributed by atoms with van der Waals surface area (Å²) in [7, 11) is -2.34. The second kappa shape index (κ2) is 6.54. The lowest BCUT2D eigenvalue weighted by Crippen LogP contribution is -2.14. The Bertz CT molecular complexity index is 775. The van der Waals surface area contributed by atoms with Crippen LogP contribution < -0.4 is 4.72 Å². The fourth-order valence-electron chi connectivity index (χ4n) is 1.87. The van der Waals surface area contributed by atoms with Crippen LogP contribution in [0, 0.1) is 10.1 Å². The van der Waals surface area contributed by atoms with Crippen molar-refractivity contribution in [2.75, 3.05) is 11.8 Å². The highest BCUT2D eigenvalue weighted by atomic mass is 32.2. The standard InChI is InChI=1S/C14H14N2O5S/c1-21-10-11-9-12(16(17)18)7-8-14(11)15-22(19,20)13-5-3-2-4-6-13/h2-9,15H,10H2,1H3. The topological polar surface area (TPSA) is 98.5 Å². The van der Waals surface area contributed by atoms with Gasteiger partial charge < -0.3 is 4.74 Å². The van der Waals surface area contributed by atoms with E-state index < -0.39 is 14.9 Å². The van der Waals surface area contributed by atoms with Gasteiger partial charge in [0.2, 0.25) is 0 Å². The number of nitro benzene ring substituents is 1. The molecule has 0 aromatic heterocycles. The third-order valence-corrected chi connectivity index (χ3v) is 4.28. The first kappa shape index (κ1) is 15.9. The van der Waals surface area contributed by atoms with Crippen molar-refractivity contribution >= 4 is 21.4 Å². The average Bonchev–Trinajstić information content (AvgIpc) is 2.50. The number of rotatable bonds is 6. The van der Waals surface area contributed by atoms with Crippen molar-refractivity contribution in [3.8, 4) is 0 Å². The van der Waals surface area contributed by atoms with Crippen LogP contribution >= 0.6 is 0 Å². The third kappa shape index (κ3) is 3.60. The number of nitro groups is 1. The van der Waals surface area contributed by atoms with Gasteiger partial charge in [-0.1, -0.05) is 18.2 Å². The number of nitrogens with zero attached hydrogens (tertiary/aromatic N) is 1. The summed E-state index contributed by atoms with van der Waals surface area (Å²) in [5.74, 6) is 0. The van der Waals surface area contributed by atoms with Crippen LogP contribution in [-0.2, 0) is 21.4 Å².